The van der Waals surface area contributed by atoms with Crippen LogP contribution in [0, 0.1) is 0 Å². The first-order chi connectivity index (χ1) is 8.59. The smallest absolute Gasteiger partial charge is 0.450 e. The molecule has 96 valence electrons. The van der Waals surface area contributed by atoms with Crippen LogP contribution in [0.3, 0.4) is 0 Å². The zero-order valence-electron chi connectivity index (χ0n) is 9.74. The largest absolute Gasteiger partial charge is 0.503 e. The maximum atomic E-state index is 11.7. The molecule has 1 atom stereocenters. The van der Waals surface area contributed by atoms with Crippen LogP contribution in [0.2, 0.25) is 0 Å². The second kappa shape index (κ2) is 7.11. The van der Waals surface area contributed by atoms with Gasteiger partial charge in [0, 0.05) is 11.6 Å². The van der Waals surface area contributed by atoms with Gasteiger partial charge in [0.1, 0.15) is 0 Å². The van der Waals surface area contributed by atoms with Gasteiger partial charge in [-0.2, -0.15) is 0 Å². The topological polar surface area (TPSA) is 86.6 Å². The third kappa shape index (κ3) is 5.16. The van der Waals surface area contributed by atoms with E-state index in [-0.39, 0.29) is 11.9 Å². The van der Waals surface area contributed by atoms with Crippen molar-refractivity contribution in [2.75, 3.05) is 0 Å². The summed E-state index contributed by atoms with van der Waals surface area (Å²) in [5.74, 6) is 0.0159. The molecule has 5 heteroatoms. The maximum Gasteiger partial charge on any atom is 0.503 e. The molecule has 0 spiro atoms. The van der Waals surface area contributed by atoms with Gasteiger partial charge in [-0.25, -0.2) is 4.79 Å². The number of carbonyl (C=O) groups excluding carboxylic acids is 1. The molecule has 0 radical (unpaired) electrons. The third-order valence-electron chi connectivity index (χ3n) is 2.37. The molecule has 2 rings (SSSR count). The third-order valence-corrected chi connectivity index (χ3v) is 2.37. The minimum Gasteiger partial charge on any atom is -0.450 e. The van der Waals surface area contributed by atoms with Crippen LogP contribution in [-0.4, -0.2) is 28.3 Å². The minimum atomic E-state index is -1.83. The Balaban J connectivity index is 0.000000357. The standard InChI is InChI=1S/C12H13NO.CH2O3/c14-12(10-6-2-1-3-7-10)13-11-8-4-5-9-11;2-1(3)4/h1-4,6-8,11H,5,9H2,(H,13,14);(H2,2,3,4)/t11-;/m0./s1. The second-order valence-corrected chi connectivity index (χ2v) is 3.73. The Morgan fingerprint density at radius 1 is 1.17 bits per heavy atom. The molecule has 1 aromatic carbocycles. The summed E-state index contributed by atoms with van der Waals surface area (Å²) < 4.78 is 0. The fraction of sp³-hybridized carbons (Fsp3) is 0.231. The van der Waals surface area contributed by atoms with Gasteiger partial charge in [0.2, 0.25) is 0 Å². The van der Waals surface area contributed by atoms with E-state index in [9.17, 15) is 4.79 Å². The zero-order valence-corrected chi connectivity index (χ0v) is 9.74. The number of hydrogen-bond donors (Lipinski definition) is 3. The molecular formula is C13H15NO4. The SMILES string of the molecule is O=C(N[C@H]1C=CCC1)c1ccccc1.O=C(O)O. The number of amides is 1. The first kappa shape index (κ1) is 13.8. The molecule has 0 heterocycles. The molecule has 0 unspecified atom stereocenters. The van der Waals surface area contributed by atoms with Gasteiger partial charge < -0.3 is 15.5 Å². The molecular weight excluding hydrogens is 234 g/mol. The summed E-state index contributed by atoms with van der Waals surface area (Å²) in [6, 6.07) is 9.54. The van der Waals surface area contributed by atoms with E-state index in [0.717, 1.165) is 18.4 Å². The molecule has 0 fully saturated rings. The van der Waals surface area contributed by atoms with Gasteiger partial charge in [-0.3, -0.25) is 4.79 Å². The van der Waals surface area contributed by atoms with Crippen molar-refractivity contribution in [3.63, 3.8) is 0 Å². The normalized spacial score (nSPS) is 16.6. The van der Waals surface area contributed by atoms with E-state index in [4.69, 9.17) is 15.0 Å². The van der Waals surface area contributed by atoms with Crippen molar-refractivity contribution in [1.82, 2.24) is 5.32 Å². The number of carboxylic acid groups (broad SMARTS) is 2. The fourth-order valence-electron chi connectivity index (χ4n) is 1.59. The maximum absolute atomic E-state index is 11.7. The minimum absolute atomic E-state index is 0.0159. The highest BCUT2D eigenvalue weighted by Crippen LogP contribution is 2.09. The molecule has 3 N–H and O–H groups in total. The number of allylic oxidation sites excluding steroid dienone is 1. The molecule has 0 aromatic heterocycles. The molecule has 5 nitrogen and oxygen atoms in total. The summed E-state index contributed by atoms with van der Waals surface area (Å²) >= 11 is 0. The van der Waals surface area contributed by atoms with Crippen molar-refractivity contribution >= 4 is 12.1 Å². The van der Waals surface area contributed by atoms with Gasteiger partial charge in [-0.15, -0.1) is 0 Å². The predicted molar refractivity (Wildman–Crippen MR) is 66.7 cm³/mol. The molecule has 0 bridgehead atoms. The number of rotatable bonds is 2. The average Bonchev–Trinajstić information content (AvgIpc) is 2.82. The Hall–Kier alpha value is -2.30. The van der Waals surface area contributed by atoms with Gasteiger partial charge in [0.05, 0.1) is 0 Å². The van der Waals surface area contributed by atoms with Crippen molar-refractivity contribution < 1.29 is 19.8 Å². The Labute approximate surface area is 105 Å². The van der Waals surface area contributed by atoms with E-state index in [1.807, 2.05) is 30.3 Å². The van der Waals surface area contributed by atoms with E-state index in [1.54, 1.807) is 0 Å². The van der Waals surface area contributed by atoms with E-state index in [1.165, 1.54) is 0 Å². The van der Waals surface area contributed by atoms with Crippen LogP contribution in [0.5, 0.6) is 0 Å². The number of hydrogen-bond acceptors (Lipinski definition) is 2. The lowest BCUT2D eigenvalue weighted by Gasteiger charge is -2.10. The average molecular weight is 249 g/mol. The van der Waals surface area contributed by atoms with Crippen LogP contribution in [0.1, 0.15) is 23.2 Å². The van der Waals surface area contributed by atoms with Crippen LogP contribution in [0.4, 0.5) is 4.79 Å². The molecule has 1 aromatic rings. The van der Waals surface area contributed by atoms with Crippen molar-refractivity contribution in [3.05, 3.63) is 48.0 Å². The first-order valence-electron chi connectivity index (χ1n) is 5.54. The summed E-state index contributed by atoms with van der Waals surface area (Å²) in [5, 5.41) is 16.9. The molecule has 0 saturated heterocycles. The van der Waals surface area contributed by atoms with E-state index in [2.05, 4.69) is 17.5 Å². The van der Waals surface area contributed by atoms with Gasteiger partial charge in [0.15, 0.2) is 0 Å². The Morgan fingerprint density at radius 3 is 2.28 bits per heavy atom. The molecule has 0 aliphatic heterocycles. The molecule has 1 aliphatic rings. The predicted octanol–water partition coefficient (Wildman–Crippen LogP) is 2.36. The summed E-state index contributed by atoms with van der Waals surface area (Å²) in [7, 11) is 0. The van der Waals surface area contributed by atoms with Crippen molar-refractivity contribution in [2.24, 2.45) is 0 Å². The monoisotopic (exact) mass is 249 g/mol. The van der Waals surface area contributed by atoms with Crippen LogP contribution < -0.4 is 5.32 Å². The Bertz CT molecular complexity index is 424. The number of benzene rings is 1. The van der Waals surface area contributed by atoms with Crippen LogP contribution in [-0.2, 0) is 0 Å². The Kier molecular flexibility index (Phi) is 5.44. The highest BCUT2D eigenvalue weighted by molar-refractivity contribution is 5.94. The van der Waals surface area contributed by atoms with Gasteiger partial charge in [-0.05, 0) is 25.0 Å². The van der Waals surface area contributed by atoms with Crippen LogP contribution in [0.25, 0.3) is 0 Å². The van der Waals surface area contributed by atoms with Gasteiger partial charge >= 0.3 is 6.16 Å². The first-order valence-corrected chi connectivity index (χ1v) is 5.54. The fourth-order valence-corrected chi connectivity index (χ4v) is 1.59. The summed E-state index contributed by atoms with van der Waals surface area (Å²) in [6.45, 7) is 0. The van der Waals surface area contributed by atoms with E-state index < -0.39 is 6.16 Å². The lowest BCUT2D eigenvalue weighted by Crippen LogP contribution is -2.31. The summed E-state index contributed by atoms with van der Waals surface area (Å²) in [5.41, 5.74) is 0.729. The lowest BCUT2D eigenvalue weighted by atomic mass is 10.2. The lowest BCUT2D eigenvalue weighted by molar-refractivity contribution is 0.0944. The second-order valence-electron chi connectivity index (χ2n) is 3.73. The molecule has 1 aliphatic carbocycles. The van der Waals surface area contributed by atoms with Crippen LogP contribution in [0.15, 0.2) is 42.5 Å². The van der Waals surface area contributed by atoms with E-state index in [0.29, 0.717) is 0 Å². The molecule has 1 amide bonds. The number of carbonyl (C=O) groups is 2. The number of nitrogens with one attached hydrogen (secondary N) is 1. The highest BCUT2D eigenvalue weighted by Gasteiger charge is 2.12. The van der Waals surface area contributed by atoms with Crippen molar-refractivity contribution in [1.29, 1.82) is 0 Å². The highest BCUT2D eigenvalue weighted by atomic mass is 16.6. The van der Waals surface area contributed by atoms with Gasteiger partial charge in [-0.1, -0.05) is 30.4 Å². The quantitative estimate of drug-likeness (QED) is 0.702. The van der Waals surface area contributed by atoms with Gasteiger partial charge in [0.25, 0.3) is 5.91 Å². The van der Waals surface area contributed by atoms with Crippen molar-refractivity contribution in [2.45, 2.75) is 18.9 Å². The molecule has 18 heavy (non-hydrogen) atoms. The van der Waals surface area contributed by atoms with E-state index >= 15 is 0 Å². The summed E-state index contributed by atoms with van der Waals surface area (Å²) in [6.07, 6.45) is 4.43. The van der Waals surface area contributed by atoms with Crippen LogP contribution >= 0.6 is 0 Å². The Morgan fingerprint density at radius 2 is 1.78 bits per heavy atom. The molecule has 0 saturated carbocycles. The summed E-state index contributed by atoms with van der Waals surface area (Å²) in [4.78, 5) is 20.2. The zero-order chi connectivity index (χ0) is 13.4. The van der Waals surface area contributed by atoms with Crippen molar-refractivity contribution in [3.8, 4) is 0 Å².